The van der Waals surface area contributed by atoms with Gasteiger partial charge in [0.15, 0.2) is 0 Å². The minimum absolute atomic E-state index is 0.249. The molecule has 0 spiro atoms. The fourth-order valence-corrected chi connectivity index (χ4v) is 1.89. The van der Waals surface area contributed by atoms with Crippen LogP contribution in [0.25, 0.3) is 0 Å². The number of rotatable bonds is 4. The number of allylic oxidation sites excluding steroid dienone is 1. The lowest BCUT2D eigenvalue weighted by Crippen LogP contribution is -1.94. The largest absolute Gasteiger partial charge is 0.465 e. The Morgan fingerprint density at radius 1 is 1.53 bits per heavy atom. The van der Waals surface area contributed by atoms with Crippen molar-refractivity contribution in [2.24, 2.45) is 0 Å². The van der Waals surface area contributed by atoms with Gasteiger partial charge in [-0.25, -0.2) is 4.79 Å². The summed E-state index contributed by atoms with van der Waals surface area (Å²) >= 11 is 0. The van der Waals surface area contributed by atoms with Gasteiger partial charge in [0.2, 0.25) is 0 Å². The molecule has 2 rings (SSSR count). The highest BCUT2D eigenvalue weighted by Crippen LogP contribution is 2.30. The average molecular weight is 206 g/mol. The first kappa shape index (κ1) is 10.0. The molecule has 1 aromatic rings. The smallest absolute Gasteiger partial charge is 0.342 e. The Morgan fingerprint density at radius 2 is 2.33 bits per heavy atom. The van der Waals surface area contributed by atoms with E-state index < -0.39 is 0 Å². The molecule has 1 aromatic heterocycles. The molecule has 0 bridgehead atoms. The van der Waals surface area contributed by atoms with Gasteiger partial charge >= 0.3 is 5.97 Å². The SMILES string of the molecule is C=CCCCc1oc(C)c2c1COC2=O. The molecule has 0 N–H and O–H groups in total. The minimum Gasteiger partial charge on any atom is -0.465 e. The fourth-order valence-electron chi connectivity index (χ4n) is 1.89. The Bertz CT molecular complexity index is 401. The number of unbranched alkanes of at least 4 members (excludes halogenated alkanes) is 1. The lowest BCUT2D eigenvalue weighted by molar-refractivity contribution is 0.0527. The number of furan rings is 1. The van der Waals surface area contributed by atoms with Crippen molar-refractivity contribution in [3.63, 3.8) is 0 Å². The Balaban J connectivity index is 2.19. The van der Waals surface area contributed by atoms with Crippen LogP contribution in [0.1, 0.15) is 40.3 Å². The summed E-state index contributed by atoms with van der Waals surface area (Å²) in [6, 6.07) is 0. The summed E-state index contributed by atoms with van der Waals surface area (Å²) in [6.45, 7) is 5.85. The summed E-state index contributed by atoms with van der Waals surface area (Å²) in [5, 5.41) is 0. The predicted octanol–water partition coefficient (Wildman–Crippen LogP) is 2.77. The van der Waals surface area contributed by atoms with Crippen molar-refractivity contribution in [1.29, 1.82) is 0 Å². The van der Waals surface area contributed by atoms with Crippen molar-refractivity contribution in [2.45, 2.75) is 32.8 Å². The standard InChI is InChI=1S/C12H14O3/c1-3-4-5-6-10-9-7-14-12(13)11(9)8(2)15-10/h3H,1,4-7H2,2H3. The molecule has 80 valence electrons. The van der Waals surface area contributed by atoms with Crippen LogP contribution in [0.4, 0.5) is 0 Å². The lowest BCUT2D eigenvalue weighted by Gasteiger charge is -1.97. The maximum Gasteiger partial charge on any atom is 0.342 e. The van der Waals surface area contributed by atoms with Crippen LogP contribution in [0.3, 0.4) is 0 Å². The summed E-state index contributed by atoms with van der Waals surface area (Å²) < 4.78 is 10.5. The highest BCUT2D eigenvalue weighted by molar-refractivity contribution is 5.94. The van der Waals surface area contributed by atoms with E-state index >= 15 is 0 Å². The van der Waals surface area contributed by atoms with Crippen molar-refractivity contribution >= 4 is 5.97 Å². The van der Waals surface area contributed by atoms with Crippen molar-refractivity contribution < 1.29 is 13.9 Å². The van der Waals surface area contributed by atoms with Gasteiger partial charge in [0.25, 0.3) is 0 Å². The second-order valence-electron chi connectivity index (χ2n) is 3.69. The van der Waals surface area contributed by atoms with Crippen molar-refractivity contribution in [3.8, 4) is 0 Å². The zero-order valence-corrected chi connectivity index (χ0v) is 8.84. The van der Waals surface area contributed by atoms with Gasteiger partial charge in [-0.05, 0) is 19.8 Å². The summed E-state index contributed by atoms with van der Waals surface area (Å²) in [5.74, 6) is 1.33. The van der Waals surface area contributed by atoms with Gasteiger partial charge in [0.1, 0.15) is 23.7 Å². The first-order valence-corrected chi connectivity index (χ1v) is 5.13. The lowest BCUT2D eigenvalue weighted by atomic mass is 10.1. The predicted molar refractivity (Wildman–Crippen MR) is 55.7 cm³/mol. The summed E-state index contributed by atoms with van der Waals surface area (Å²) in [7, 11) is 0. The highest BCUT2D eigenvalue weighted by Gasteiger charge is 2.30. The Kier molecular flexibility index (Phi) is 2.62. The van der Waals surface area contributed by atoms with Gasteiger partial charge < -0.3 is 9.15 Å². The van der Waals surface area contributed by atoms with E-state index in [1.807, 2.05) is 13.0 Å². The van der Waals surface area contributed by atoms with Crippen LogP contribution >= 0.6 is 0 Å². The highest BCUT2D eigenvalue weighted by atomic mass is 16.5. The molecule has 0 fully saturated rings. The molecular formula is C12H14O3. The van der Waals surface area contributed by atoms with Crippen molar-refractivity contribution in [2.75, 3.05) is 0 Å². The minimum atomic E-state index is -0.249. The molecule has 1 aliphatic heterocycles. The molecule has 0 saturated carbocycles. The van der Waals surface area contributed by atoms with E-state index in [0.717, 1.165) is 30.6 Å². The van der Waals surface area contributed by atoms with E-state index in [0.29, 0.717) is 17.9 Å². The number of hydrogen-bond donors (Lipinski definition) is 0. The molecule has 15 heavy (non-hydrogen) atoms. The van der Waals surface area contributed by atoms with Crippen LogP contribution in [0.2, 0.25) is 0 Å². The van der Waals surface area contributed by atoms with Gasteiger partial charge in [0, 0.05) is 12.0 Å². The van der Waals surface area contributed by atoms with E-state index in [4.69, 9.17) is 9.15 Å². The summed E-state index contributed by atoms with van der Waals surface area (Å²) in [4.78, 5) is 11.3. The second kappa shape index (κ2) is 3.93. The molecule has 3 nitrogen and oxygen atoms in total. The number of ether oxygens (including phenoxy) is 1. The number of fused-ring (bicyclic) bond motifs is 1. The average Bonchev–Trinajstić information content (AvgIpc) is 2.72. The molecule has 0 aliphatic carbocycles. The quantitative estimate of drug-likeness (QED) is 0.432. The molecule has 2 heterocycles. The maximum atomic E-state index is 11.3. The molecule has 0 saturated heterocycles. The first-order valence-electron chi connectivity index (χ1n) is 5.13. The van der Waals surface area contributed by atoms with E-state index in [1.54, 1.807) is 0 Å². The summed E-state index contributed by atoms with van der Waals surface area (Å²) in [6.07, 6.45) is 4.69. The number of carbonyl (C=O) groups excluding carboxylic acids is 1. The topological polar surface area (TPSA) is 39.4 Å². The van der Waals surface area contributed by atoms with Crippen LogP contribution in [0, 0.1) is 6.92 Å². The molecular weight excluding hydrogens is 192 g/mol. The van der Waals surface area contributed by atoms with Crippen molar-refractivity contribution in [3.05, 3.63) is 35.3 Å². The molecule has 1 aliphatic rings. The normalized spacial score (nSPS) is 13.8. The van der Waals surface area contributed by atoms with Crippen LogP contribution in [-0.2, 0) is 17.8 Å². The first-order chi connectivity index (χ1) is 7.24. The Morgan fingerprint density at radius 3 is 3.07 bits per heavy atom. The fraction of sp³-hybridized carbons (Fsp3) is 0.417. The zero-order chi connectivity index (χ0) is 10.8. The molecule has 0 amide bonds. The molecule has 0 atom stereocenters. The van der Waals surface area contributed by atoms with E-state index in [9.17, 15) is 4.79 Å². The van der Waals surface area contributed by atoms with Crippen LogP contribution in [0.5, 0.6) is 0 Å². The van der Waals surface area contributed by atoms with Crippen LogP contribution < -0.4 is 0 Å². The van der Waals surface area contributed by atoms with Gasteiger partial charge in [0.05, 0.1) is 0 Å². The van der Waals surface area contributed by atoms with Gasteiger partial charge in [-0.3, -0.25) is 0 Å². The third kappa shape index (κ3) is 1.69. The maximum absolute atomic E-state index is 11.3. The number of carbonyl (C=O) groups is 1. The van der Waals surface area contributed by atoms with Gasteiger partial charge in [-0.2, -0.15) is 0 Å². The zero-order valence-electron chi connectivity index (χ0n) is 8.84. The number of cyclic esters (lactones) is 1. The summed E-state index contributed by atoms with van der Waals surface area (Å²) in [5.41, 5.74) is 1.59. The van der Waals surface area contributed by atoms with Crippen LogP contribution in [0.15, 0.2) is 17.1 Å². The Labute approximate surface area is 88.7 Å². The molecule has 0 aromatic carbocycles. The number of esters is 1. The number of aryl methyl sites for hydroxylation is 2. The Hall–Kier alpha value is -1.51. The molecule has 3 heteroatoms. The van der Waals surface area contributed by atoms with Crippen molar-refractivity contribution in [1.82, 2.24) is 0 Å². The van der Waals surface area contributed by atoms with E-state index in [2.05, 4.69) is 6.58 Å². The monoisotopic (exact) mass is 206 g/mol. The third-order valence-electron chi connectivity index (χ3n) is 2.63. The van der Waals surface area contributed by atoms with Gasteiger partial charge in [-0.15, -0.1) is 6.58 Å². The third-order valence-corrected chi connectivity index (χ3v) is 2.63. The van der Waals surface area contributed by atoms with E-state index in [-0.39, 0.29) is 5.97 Å². The molecule has 0 radical (unpaired) electrons. The van der Waals surface area contributed by atoms with Crippen LogP contribution in [-0.4, -0.2) is 5.97 Å². The molecule has 0 unspecified atom stereocenters. The van der Waals surface area contributed by atoms with Gasteiger partial charge in [-0.1, -0.05) is 6.08 Å². The van der Waals surface area contributed by atoms with E-state index in [1.165, 1.54) is 0 Å². The number of hydrogen-bond acceptors (Lipinski definition) is 3. The second-order valence-corrected chi connectivity index (χ2v) is 3.69.